The Morgan fingerprint density at radius 2 is 1.70 bits per heavy atom. The van der Waals surface area contributed by atoms with Crippen molar-refractivity contribution in [2.45, 2.75) is 12.7 Å². The Balaban J connectivity index is 2.18. The molecule has 0 bridgehead atoms. The van der Waals surface area contributed by atoms with Gasteiger partial charge >= 0.3 is 6.18 Å². The van der Waals surface area contributed by atoms with Crippen molar-refractivity contribution in [3.05, 3.63) is 76.5 Å². The highest BCUT2D eigenvalue weighted by Gasteiger charge is 2.30. The summed E-state index contributed by atoms with van der Waals surface area (Å²) in [6.07, 6.45) is -3.25. The summed E-state index contributed by atoms with van der Waals surface area (Å²) < 4.78 is 38.3. The van der Waals surface area contributed by atoms with Gasteiger partial charge in [-0.3, -0.25) is 0 Å². The van der Waals surface area contributed by atoms with Crippen LogP contribution in [0.5, 0.6) is 0 Å². The van der Waals surface area contributed by atoms with E-state index in [0.717, 1.165) is 23.9 Å². The van der Waals surface area contributed by atoms with Gasteiger partial charge in [0.15, 0.2) is 12.8 Å². The number of hydroxylamine groups is 1. The zero-order valence-corrected chi connectivity index (χ0v) is 10.5. The third kappa shape index (κ3) is 3.85. The molecule has 2 rings (SSSR count). The van der Waals surface area contributed by atoms with Crippen LogP contribution < -0.4 is 0 Å². The van der Waals surface area contributed by atoms with Crippen molar-refractivity contribution in [1.29, 1.82) is 0 Å². The summed E-state index contributed by atoms with van der Waals surface area (Å²) in [5, 5.41) is 11.7. The van der Waals surface area contributed by atoms with Gasteiger partial charge in [-0.05, 0) is 18.2 Å². The van der Waals surface area contributed by atoms with Gasteiger partial charge in [-0.2, -0.15) is 13.2 Å². The molecule has 0 radical (unpaired) electrons. The van der Waals surface area contributed by atoms with Crippen molar-refractivity contribution in [2.24, 2.45) is 0 Å². The van der Waals surface area contributed by atoms with Crippen LogP contribution in [0.15, 0.2) is 54.6 Å². The first kappa shape index (κ1) is 14.1. The molecule has 0 spiro atoms. The topological polar surface area (TPSA) is 26.1 Å². The van der Waals surface area contributed by atoms with Gasteiger partial charge < -0.3 is 5.21 Å². The largest absolute Gasteiger partial charge is 0.624 e. The van der Waals surface area contributed by atoms with Crippen LogP contribution in [0.1, 0.15) is 16.7 Å². The Kier molecular flexibility index (Phi) is 4.08. The third-order valence-corrected chi connectivity index (χ3v) is 2.69. The predicted molar refractivity (Wildman–Crippen MR) is 70.4 cm³/mol. The first-order valence-corrected chi connectivity index (χ1v) is 5.95. The van der Waals surface area contributed by atoms with E-state index in [0.29, 0.717) is 4.74 Å². The fourth-order valence-electron chi connectivity index (χ4n) is 1.77. The Hall–Kier alpha value is -2.30. The zero-order chi connectivity index (χ0) is 14.6. The van der Waals surface area contributed by atoms with Gasteiger partial charge in [0, 0.05) is 11.1 Å². The van der Waals surface area contributed by atoms with Crippen LogP contribution in [0.3, 0.4) is 0 Å². The Labute approximate surface area is 114 Å². The van der Waals surface area contributed by atoms with E-state index in [1.807, 2.05) is 6.07 Å². The second-order valence-electron chi connectivity index (χ2n) is 4.31. The monoisotopic (exact) mass is 279 g/mol. The molecule has 5 heteroatoms. The number of halogens is 3. The Morgan fingerprint density at radius 1 is 1.00 bits per heavy atom. The fraction of sp³-hybridized carbons (Fsp3) is 0.133. The maximum atomic E-state index is 12.5. The molecule has 0 heterocycles. The smallest absolute Gasteiger partial charge is 0.416 e. The van der Waals surface area contributed by atoms with E-state index >= 15 is 0 Å². The lowest BCUT2D eigenvalue weighted by Crippen LogP contribution is -2.08. The van der Waals surface area contributed by atoms with Crippen molar-refractivity contribution < 1.29 is 17.9 Å². The molecule has 2 nitrogen and oxygen atoms in total. The average Bonchev–Trinajstić information content (AvgIpc) is 2.39. The number of rotatable bonds is 3. The maximum Gasteiger partial charge on any atom is 0.416 e. The van der Waals surface area contributed by atoms with Crippen molar-refractivity contribution >= 4 is 6.21 Å². The second kappa shape index (κ2) is 5.77. The number of hydrogen-bond acceptors (Lipinski definition) is 1. The third-order valence-electron chi connectivity index (χ3n) is 2.69. The quantitative estimate of drug-likeness (QED) is 0.363. The summed E-state index contributed by atoms with van der Waals surface area (Å²) in [5.41, 5.74) is 0.260. The molecule has 0 aliphatic carbocycles. The van der Waals surface area contributed by atoms with E-state index in [9.17, 15) is 18.4 Å². The lowest BCUT2D eigenvalue weighted by Gasteiger charge is -2.07. The summed E-state index contributed by atoms with van der Waals surface area (Å²) in [6, 6.07) is 13.7. The minimum atomic E-state index is -4.41. The molecule has 20 heavy (non-hydrogen) atoms. The lowest BCUT2D eigenvalue weighted by atomic mass is 10.1. The van der Waals surface area contributed by atoms with E-state index < -0.39 is 11.7 Å². The zero-order valence-electron chi connectivity index (χ0n) is 10.5. The molecule has 0 amide bonds. The van der Waals surface area contributed by atoms with Crippen molar-refractivity contribution in [3.63, 3.8) is 0 Å². The lowest BCUT2D eigenvalue weighted by molar-refractivity contribution is -0.469. The minimum Gasteiger partial charge on any atom is -0.624 e. The van der Waals surface area contributed by atoms with Gasteiger partial charge in [-0.1, -0.05) is 36.4 Å². The number of benzene rings is 2. The molecule has 0 fully saturated rings. The Morgan fingerprint density at radius 3 is 2.35 bits per heavy atom. The second-order valence-corrected chi connectivity index (χ2v) is 4.31. The van der Waals surface area contributed by atoms with Crippen LogP contribution in [-0.2, 0) is 12.7 Å². The first-order valence-electron chi connectivity index (χ1n) is 5.95. The summed E-state index contributed by atoms with van der Waals surface area (Å²) in [4.78, 5) is 0. The normalized spacial score (nSPS) is 12.4. The van der Waals surface area contributed by atoms with Crippen LogP contribution in [0.4, 0.5) is 13.2 Å². The van der Waals surface area contributed by atoms with Gasteiger partial charge in [-0.15, -0.1) is 0 Å². The van der Waals surface area contributed by atoms with Gasteiger partial charge in [0.1, 0.15) is 0 Å². The van der Waals surface area contributed by atoms with Gasteiger partial charge in [0.05, 0.1) is 5.56 Å². The molecule has 0 aromatic heterocycles. The molecule has 0 aliphatic heterocycles. The molecule has 0 N–H and O–H groups in total. The van der Waals surface area contributed by atoms with Crippen molar-refractivity contribution in [3.8, 4) is 0 Å². The van der Waals surface area contributed by atoms with Crippen LogP contribution in [0, 0.1) is 5.21 Å². The molecular formula is C15H12F3NO. The van der Waals surface area contributed by atoms with Gasteiger partial charge in [0.25, 0.3) is 0 Å². The molecular weight excluding hydrogens is 267 g/mol. The summed E-state index contributed by atoms with van der Waals surface area (Å²) in [6.45, 7) is 0.0943. The van der Waals surface area contributed by atoms with E-state index in [4.69, 9.17) is 0 Å². The molecule has 0 atom stereocenters. The van der Waals surface area contributed by atoms with Crippen LogP contribution in [-0.4, -0.2) is 11.0 Å². The average molecular weight is 279 g/mol. The highest BCUT2D eigenvalue weighted by molar-refractivity contribution is 5.76. The Bertz CT molecular complexity index is 606. The van der Waals surface area contributed by atoms with Crippen molar-refractivity contribution in [2.75, 3.05) is 0 Å². The molecule has 0 unspecified atom stereocenters. The highest BCUT2D eigenvalue weighted by atomic mass is 19.4. The van der Waals surface area contributed by atoms with E-state index in [1.165, 1.54) is 12.1 Å². The summed E-state index contributed by atoms with van der Waals surface area (Å²) >= 11 is 0. The number of hydrogen-bond donors (Lipinski definition) is 0. The molecule has 104 valence electrons. The van der Waals surface area contributed by atoms with Gasteiger partial charge in [0.2, 0.25) is 0 Å². The summed E-state index contributed by atoms with van der Waals surface area (Å²) in [5.74, 6) is 0. The molecule has 2 aromatic rings. The predicted octanol–water partition coefficient (Wildman–Crippen LogP) is 3.83. The molecule has 0 saturated heterocycles. The molecule has 2 aromatic carbocycles. The van der Waals surface area contributed by atoms with E-state index in [1.54, 1.807) is 24.3 Å². The fourth-order valence-corrected chi connectivity index (χ4v) is 1.77. The highest BCUT2D eigenvalue weighted by Crippen LogP contribution is 2.29. The number of nitrogens with zero attached hydrogens (tertiary/aromatic N) is 1. The molecule has 0 aliphatic rings. The van der Waals surface area contributed by atoms with Crippen LogP contribution in [0.2, 0.25) is 0 Å². The standard InChI is InChI=1S/C15H12F3NO/c16-15(17,18)14-8-4-7-13(9-14)11-19(20)10-12-5-2-1-3-6-12/h1-9,11H,10H2/b19-11-. The first-order chi connectivity index (χ1) is 9.45. The number of alkyl halides is 3. The van der Waals surface area contributed by atoms with Crippen LogP contribution in [0.25, 0.3) is 0 Å². The van der Waals surface area contributed by atoms with Crippen molar-refractivity contribution in [1.82, 2.24) is 0 Å². The van der Waals surface area contributed by atoms with E-state index in [2.05, 4.69) is 0 Å². The molecule has 0 saturated carbocycles. The minimum absolute atomic E-state index is 0.0943. The summed E-state index contributed by atoms with van der Waals surface area (Å²) in [7, 11) is 0. The maximum absolute atomic E-state index is 12.5. The SMILES string of the molecule is [O-]/[N+](=C\c1cccc(C(F)(F)F)c1)Cc1ccccc1. The van der Waals surface area contributed by atoms with E-state index in [-0.39, 0.29) is 12.1 Å². The van der Waals surface area contributed by atoms with Gasteiger partial charge in [-0.25, -0.2) is 4.74 Å². The van der Waals surface area contributed by atoms with Crippen LogP contribution >= 0.6 is 0 Å².